The van der Waals surface area contributed by atoms with Gasteiger partial charge < -0.3 is 15.5 Å². The van der Waals surface area contributed by atoms with Gasteiger partial charge in [0.25, 0.3) is 5.91 Å². The Morgan fingerprint density at radius 3 is 2.52 bits per heavy atom. The summed E-state index contributed by atoms with van der Waals surface area (Å²) in [6.07, 6.45) is 1.94. The molecule has 0 unspecified atom stereocenters. The first kappa shape index (κ1) is 25.1. The molecular formula is C23H30IN5OS. The highest BCUT2D eigenvalue weighted by molar-refractivity contribution is 14.0. The van der Waals surface area contributed by atoms with Gasteiger partial charge in [0, 0.05) is 39.2 Å². The molecule has 166 valence electrons. The van der Waals surface area contributed by atoms with Crippen LogP contribution in [-0.4, -0.2) is 48.9 Å². The van der Waals surface area contributed by atoms with Crippen molar-refractivity contribution in [2.45, 2.75) is 26.3 Å². The van der Waals surface area contributed by atoms with Gasteiger partial charge >= 0.3 is 0 Å². The largest absolute Gasteiger partial charge is 0.357 e. The molecule has 0 spiro atoms. The van der Waals surface area contributed by atoms with Crippen molar-refractivity contribution in [2.75, 3.05) is 27.2 Å². The van der Waals surface area contributed by atoms with Gasteiger partial charge in [-0.05, 0) is 43.2 Å². The van der Waals surface area contributed by atoms with Gasteiger partial charge in [-0.25, -0.2) is 9.98 Å². The SMILES string of the molecule is CCNC(=NCc1ccc(C(=O)N(C)C)cc1)NCCCc1nc2ccccc2s1.I. The maximum absolute atomic E-state index is 12.0. The van der Waals surface area contributed by atoms with E-state index in [1.165, 1.54) is 9.71 Å². The van der Waals surface area contributed by atoms with Crippen LogP contribution in [0.15, 0.2) is 53.5 Å². The molecule has 6 nitrogen and oxygen atoms in total. The van der Waals surface area contributed by atoms with Crippen molar-refractivity contribution >= 4 is 57.4 Å². The van der Waals surface area contributed by atoms with Gasteiger partial charge in [-0.2, -0.15) is 0 Å². The lowest BCUT2D eigenvalue weighted by Gasteiger charge is -2.12. The van der Waals surface area contributed by atoms with Crippen LogP contribution in [0.1, 0.15) is 34.3 Å². The Hall–Kier alpha value is -2.20. The Morgan fingerprint density at radius 1 is 1.10 bits per heavy atom. The molecule has 0 fully saturated rings. The predicted octanol–water partition coefficient (Wildman–Crippen LogP) is 4.30. The first-order valence-corrected chi connectivity index (χ1v) is 11.1. The summed E-state index contributed by atoms with van der Waals surface area (Å²) in [4.78, 5) is 22.9. The monoisotopic (exact) mass is 551 g/mol. The van der Waals surface area contributed by atoms with Crippen LogP contribution in [0.25, 0.3) is 10.2 Å². The van der Waals surface area contributed by atoms with Crippen LogP contribution < -0.4 is 10.6 Å². The van der Waals surface area contributed by atoms with Gasteiger partial charge in [0.05, 0.1) is 21.8 Å². The van der Waals surface area contributed by atoms with E-state index in [1.54, 1.807) is 30.3 Å². The molecule has 0 aliphatic rings. The summed E-state index contributed by atoms with van der Waals surface area (Å²) in [5.74, 6) is 0.809. The molecule has 8 heteroatoms. The molecule has 0 bridgehead atoms. The number of amides is 1. The molecule has 3 aromatic rings. The molecule has 2 aromatic carbocycles. The van der Waals surface area contributed by atoms with Crippen LogP contribution in [0.3, 0.4) is 0 Å². The molecule has 3 rings (SSSR count). The van der Waals surface area contributed by atoms with E-state index in [2.05, 4.69) is 45.7 Å². The van der Waals surface area contributed by atoms with Crippen LogP contribution in [0.2, 0.25) is 0 Å². The first-order chi connectivity index (χ1) is 14.6. The Balaban J connectivity index is 0.00000341. The van der Waals surface area contributed by atoms with E-state index in [0.29, 0.717) is 12.1 Å². The molecule has 1 heterocycles. The third-order valence-electron chi connectivity index (χ3n) is 4.57. The van der Waals surface area contributed by atoms with E-state index in [-0.39, 0.29) is 29.9 Å². The molecule has 31 heavy (non-hydrogen) atoms. The number of aryl methyl sites for hydroxylation is 1. The topological polar surface area (TPSA) is 69.6 Å². The van der Waals surface area contributed by atoms with Crippen LogP contribution in [0, 0.1) is 0 Å². The molecular weight excluding hydrogens is 521 g/mol. The fourth-order valence-corrected chi connectivity index (χ4v) is 4.01. The normalized spacial score (nSPS) is 11.1. The zero-order chi connectivity index (χ0) is 21.3. The molecule has 0 saturated heterocycles. The summed E-state index contributed by atoms with van der Waals surface area (Å²) in [5, 5.41) is 7.85. The summed E-state index contributed by atoms with van der Waals surface area (Å²) in [6, 6.07) is 15.9. The summed E-state index contributed by atoms with van der Waals surface area (Å²) in [7, 11) is 3.51. The van der Waals surface area contributed by atoms with E-state index in [4.69, 9.17) is 0 Å². The molecule has 0 aliphatic heterocycles. The van der Waals surface area contributed by atoms with E-state index >= 15 is 0 Å². The minimum Gasteiger partial charge on any atom is -0.357 e. The number of carbonyl (C=O) groups excluding carboxylic acids is 1. The maximum atomic E-state index is 12.0. The second-order valence-corrected chi connectivity index (χ2v) is 8.31. The number of para-hydroxylation sites is 1. The number of nitrogens with one attached hydrogen (secondary N) is 2. The number of fused-ring (bicyclic) bond motifs is 1. The Bertz CT molecular complexity index is 968. The molecule has 1 amide bonds. The van der Waals surface area contributed by atoms with Gasteiger partial charge in [-0.3, -0.25) is 4.79 Å². The minimum absolute atomic E-state index is 0. The standard InChI is InChI=1S/C23H29N5OS.HI/c1-4-24-23(26-16-17-11-13-18(14-12-17)22(29)28(2)3)25-15-7-10-21-27-19-8-5-6-9-20(19)30-21;/h5-6,8-9,11-14H,4,7,10,15-16H2,1-3H3,(H2,24,25,26);1H. The second-order valence-electron chi connectivity index (χ2n) is 7.20. The van der Waals surface area contributed by atoms with Gasteiger partial charge in [-0.15, -0.1) is 35.3 Å². The van der Waals surface area contributed by atoms with Gasteiger partial charge in [0.1, 0.15) is 0 Å². The summed E-state index contributed by atoms with van der Waals surface area (Å²) >= 11 is 1.77. The van der Waals surface area contributed by atoms with Crippen molar-refractivity contribution in [1.82, 2.24) is 20.5 Å². The van der Waals surface area contributed by atoms with Gasteiger partial charge in [0.15, 0.2) is 5.96 Å². The highest BCUT2D eigenvalue weighted by atomic mass is 127. The average molecular weight is 551 g/mol. The minimum atomic E-state index is 0. The Kier molecular flexibility index (Phi) is 10.2. The zero-order valence-electron chi connectivity index (χ0n) is 18.2. The highest BCUT2D eigenvalue weighted by Gasteiger charge is 2.07. The van der Waals surface area contributed by atoms with E-state index in [9.17, 15) is 4.79 Å². The van der Waals surface area contributed by atoms with Gasteiger partial charge in [0.2, 0.25) is 0 Å². The van der Waals surface area contributed by atoms with Crippen LogP contribution in [0.4, 0.5) is 0 Å². The molecule has 0 saturated carbocycles. The Labute approximate surface area is 205 Å². The van der Waals surface area contributed by atoms with Crippen LogP contribution in [0.5, 0.6) is 0 Å². The quantitative estimate of drug-likeness (QED) is 0.190. The number of guanidine groups is 1. The number of nitrogens with zero attached hydrogens (tertiary/aromatic N) is 3. The lowest BCUT2D eigenvalue weighted by Crippen LogP contribution is -2.37. The predicted molar refractivity (Wildman–Crippen MR) is 141 cm³/mol. The van der Waals surface area contributed by atoms with E-state index in [0.717, 1.165) is 43.0 Å². The molecule has 0 aliphatic carbocycles. The number of aromatic nitrogens is 1. The van der Waals surface area contributed by atoms with E-state index < -0.39 is 0 Å². The maximum Gasteiger partial charge on any atom is 0.253 e. The third kappa shape index (κ3) is 7.46. The Morgan fingerprint density at radius 2 is 1.84 bits per heavy atom. The number of halogens is 1. The first-order valence-electron chi connectivity index (χ1n) is 10.2. The van der Waals surface area contributed by atoms with Crippen molar-refractivity contribution < 1.29 is 4.79 Å². The molecule has 0 atom stereocenters. The number of aliphatic imine (C=N–C) groups is 1. The summed E-state index contributed by atoms with van der Waals surface area (Å²) in [5.41, 5.74) is 2.84. The number of hydrogen-bond acceptors (Lipinski definition) is 4. The van der Waals surface area contributed by atoms with Crippen LogP contribution >= 0.6 is 35.3 Å². The molecule has 2 N–H and O–H groups in total. The number of rotatable bonds is 8. The second kappa shape index (κ2) is 12.6. The average Bonchev–Trinajstić information content (AvgIpc) is 3.17. The number of thiazole rings is 1. The summed E-state index contributed by atoms with van der Waals surface area (Å²) < 4.78 is 1.24. The van der Waals surface area contributed by atoms with Crippen molar-refractivity contribution in [3.05, 3.63) is 64.7 Å². The fraction of sp³-hybridized carbons (Fsp3) is 0.348. The highest BCUT2D eigenvalue weighted by Crippen LogP contribution is 2.22. The zero-order valence-corrected chi connectivity index (χ0v) is 21.4. The smallest absolute Gasteiger partial charge is 0.253 e. The third-order valence-corrected chi connectivity index (χ3v) is 5.67. The van der Waals surface area contributed by atoms with Crippen molar-refractivity contribution in [1.29, 1.82) is 0 Å². The lowest BCUT2D eigenvalue weighted by molar-refractivity contribution is 0.0827. The van der Waals surface area contributed by atoms with Gasteiger partial charge in [-0.1, -0.05) is 24.3 Å². The molecule has 0 radical (unpaired) electrons. The van der Waals surface area contributed by atoms with Crippen molar-refractivity contribution in [3.63, 3.8) is 0 Å². The molecule has 1 aromatic heterocycles. The van der Waals surface area contributed by atoms with Crippen LogP contribution in [-0.2, 0) is 13.0 Å². The van der Waals surface area contributed by atoms with E-state index in [1.807, 2.05) is 30.3 Å². The number of carbonyl (C=O) groups is 1. The number of benzene rings is 2. The van der Waals surface area contributed by atoms with Crippen molar-refractivity contribution in [3.8, 4) is 0 Å². The summed E-state index contributed by atoms with van der Waals surface area (Å²) in [6.45, 7) is 4.25. The van der Waals surface area contributed by atoms with Crippen molar-refractivity contribution in [2.24, 2.45) is 4.99 Å². The fourth-order valence-electron chi connectivity index (χ4n) is 3.00. The lowest BCUT2D eigenvalue weighted by atomic mass is 10.1. The number of hydrogen-bond donors (Lipinski definition) is 2.